The van der Waals surface area contributed by atoms with Crippen molar-refractivity contribution >= 4 is 0 Å². The van der Waals surface area contributed by atoms with E-state index in [2.05, 4.69) is 12.1 Å². The normalized spacial score (nSPS) is 19.7. The molecule has 1 aliphatic rings. The highest BCUT2D eigenvalue weighted by Crippen LogP contribution is 2.32. The molecule has 0 unspecified atom stereocenters. The van der Waals surface area contributed by atoms with E-state index in [0.717, 1.165) is 6.42 Å². The predicted octanol–water partition coefficient (Wildman–Crippen LogP) is 1.91. The lowest BCUT2D eigenvalue weighted by Crippen LogP contribution is -2.07. The third-order valence-corrected chi connectivity index (χ3v) is 1.74. The number of rotatable bonds is 2. The van der Waals surface area contributed by atoms with Gasteiger partial charge >= 0.3 is 0 Å². The van der Waals surface area contributed by atoms with E-state index in [1.54, 1.807) is 0 Å². The Labute approximate surface area is 65.7 Å². The molecule has 0 radical (unpaired) electrons. The van der Waals surface area contributed by atoms with Crippen molar-refractivity contribution in [3.63, 3.8) is 0 Å². The largest absolute Gasteiger partial charge is 0.235 e. The van der Waals surface area contributed by atoms with Crippen molar-refractivity contribution in [2.45, 2.75) is 19.1 Å². The molecule has 1 fully saturated rings. The fraction of sp³-hybridized carbons (Fsp3) is 0.333. The van der Waals surface area contributed by atoms with Gasteiger partial charge in [0.15, 0.2) is 0 Å². The van der Waals surface area contributed by atoms with Gasteiger partial charge in [0.2, 0.25) is 5.79 Å². The summed E-state index contributed by atoms with van der Waals surface area (Å²) in [5, 5.41) is 0. The summed E-state index contributed by atoms with van der Waals surface area (Å²) in [5.41, 5.74) is 1.24. The fourth-order valence-corrected chi connectivity index (χ4v) is 1.10. The zero-order chi connectivity index (χ0) is 7.73. The van der Waals surface area contributed by atoms with Gasteiger partial charge in [-0.2, -0.15) is 9.78 Å². The first kappa shape index (κ1) is 6.83. The van der Waals surface area contributed by atoms with Crippen LogP contribution in [0.25, 0.3) is 0 Å². The summed E-state index contributed by atoms with van der Waals surface area (Å²) < 4.78 is 0. The second-order valence-electron chi connectivity index (χ2n) is 2.96. The molecule has 0 spiro atoms. The number of hydrogen-bond donors (Lipinski definition) is 0. The van der Waals surface area contributed by atoms with E-state index in [0.29, 0.717) is 0 Å². The van der Waals surface area contributed by atoms with Crippen LogP contribution >= 0.6 is 0 Å². The van der Waals surface area contributed by atoms with Crippen LogP contribution in [-0.4, -0.2) is 5.79 Å². The molecule has 1 saturated heterocycles. The molecule has 0 amide bonds. The quantitative estimate of drug-likeness (QED) is 0.475. The minimum atomic E-state index is -0.346. The molecule has 1 aromatic rings. The molecule has 58 valence electrons. The lowest BCUT2D eigenvalue weighted by molar-refractivity contribution is 0.0850. The molecular weight excluding hydrogens is 140 g/mol. The molecule has 2 heteroatoms. The molecule has 0 N–H and O–H groups in total. The van der Waals surface area contributed by atoms with E-state index in [9.17, 15) is 0 Å². The highest BCUT2D eigenvalue weighted by molar-refractivity contribution is 5.16. The van der Waals surface area contributed by atoms with Crippen LogP contribution in [0.1, 0.15) is 12.5 Å². The van der Waals surface area contributed by atoms with Crippen molar-refractivity contribution in [2.24, 2.45) is 0 Å². The Kier molecular flexibility index (Phi) is 1.44. The molecule has 11 heavy (non-hydrogen) atoms. The summed E-state index contributed by atoms with van der Waals surface area (Å²) in [6, 6.07) is 10.2. The van der Waals surface area contributed by atoms with Crippen LogP contribution < -0.4 is 0 Å². The third-order valence-electron chi connectivity index (χ3n) is 1.74. The van der Waals surface area contributed by atoms with Gasteiger partial charge in [-0.05, 0) is 12.5 Å². The predicted molar refractivity (Wildman–Crippen MR) is 40.7 cm³/mol. The summed E-state index contributed by atoms with van der Waals surface area (Å²) in [7, 11) is 0. The van der Waals surface area contributed by atoms with Crippen molar-refractivity contribution in [1.82, 2.24) is 0 Å². The Balaban J connectivity index is 2.07. The van der Waals surface area contributed by atoms with Crippen LogP contribution in [0, 0.1) is 0 Å². The minimum Gasteiger partial charge on any atom is -0.195 e. The van der Waals surface area contributed by atoms with Crippen molar-refractivity contribution in [3.05, 3.63) is 35.9 Å². The van der Waals surface area contributed by atoms with E-state index >= 15 is 0 Å². The first-order valence-corrected chi connectivity index (χ1v) is 3.69. The molecule has 0 saturated carbocycles. The molecule has 0 aromatic heterocycles. The van der Waals surface area contributed by atoms with Crippen molar-refractivity contribution in [3.8, 4) is 0 Å². The molecule has 0 atom stereocenters. The van der Waals surface area contributed by atoms with Crippen molar-refractivity contribution in [2.75, 3.05) is 0 Å². The maximum Gasteiger partial charge on any atom is 0.235 e. The highest BCUT2D eigenvalue weighted by Gasteiger charge is 2.43. The second kappa shape index (κ2) is 2.32. The van der Waals surface area contributed by atoms with Crippen LogP contribution in [0.4, 0.5) is 0 Å². The van der Waals surface area contributed by atoms with E-state index in [1.165, 1.54) is 5.56 Å². The van der Waals surface area contributed by atoms with Gasteiger partial charge in [0.25, 0.3) is 0 Å². The molecule has 2 rings (SSSR count). The van der Waals surface area contributed by atoms with Gasteiger partial charge < -0.3 is 0 Å². The first-order chi connectivity index (χ1) is 5.29. The van der Waals surface area contributed by atoms with E-state index in [1.807, 2.05) is 25.1 Å². The van der Waals surface area contributed by atoms with Gasteiger partial charge in [-0.25, -0.2) is 0 Å². The Morgan fingerprint density at radius 1 is 1.18 bits per heavy atom. The Bertz CT molecular complexity index is 239. The van der Waals surface area contributed by atoms with Gasteiger partial charge in [0.1, 0.15) is 0 Å². The minimum absolute atomic E-state index is 0.346. The zero-order valence-electron chi connectivity index (χ0n) is 6.41. The summed E-state index contributed by atoms with van der Waals surface area (Å²) in [4.78, 5) is 9.60. The van der Waals surface area contributed by atoms with Gasteiger partial charge in [0, 0.05) is 6.42 Å². The molecule has 0 aliphatic carbocycles. The highest BCUT2D eigenvalue weighted by atomic mass is 17.4. The van der Waals surface area contributed by atoms with E-state index in [-0.39, 0.29) is 5.79 Å². The van der Waals surface area contributed by atoms with Crippen molar-refractivity contribution < 1.29 is 9.78 Å². The number of benzene rings is 1. The van der Waals surface area contributed by atoms with Crippen LogP contribution in [0.5, 0.6) is 0 Å². The summed E-state index contributed by atoms with van der Waals surface area (Å²) in [6.45, 7) is 1.93. The lowest BCUT2D eigenvalue weighted by atomic mass is 10.1. The van der Waals surface area contributed by atoms with Crippen LogP contribution in [0.2, 0.25) is 0 Å². The molecular formula is C9H10O2. The van der Waals surface area contributed by atoms with E-state index in [4.69, 9.17) is 9.78 Å². The van der Waals surface area contributed by atoms with Crippen LogP contribution in [0.3, 0.4) is 0 Å². The third kappa shape index (κ3) is 1.59. The van der Waals surface area contributed by atoms with Crippen molar-refractivity contribution in [1.29, 1.82) is 0 Å². The Morgan fingerprint density at radius 3 is 2.36 bits per heavy atom. The summed E-state index contributed by atoms with van der Waals surface area (Å²) in [5.74, 6) is -0.346. The van der Waals surface area contributed by atoms with Crippen LogP contribution in [0.15, 0.2) is 30.3 Å². The van der Waals surface area contributed by atoms with Gasteiger partial charge in [-0.1, -0.05) is 30.3 Å². The average Bonchev–Trinajstić information content (AvgIpc) is 2.70. The smallest absolute Gasteiger partial charge is 0.195 e. The molecule has 1 aromatic carbocycles. The first-order valence-electron chi connectivity index (χ1n) is 3.69. The zero-order valence-corrected chi connectivity index (χ0v) is 6.41. The molecule has 1 heterocycles. The van der Waals surface area contributed by atoms with Crippen LogP contribution in [-0.2, 0) is 16.2 Å². The molecule has 0 bridgehead atoms. The maximum absolute atomic E-state index is 4.80. The lowest BCUT2D eigenvalue weighted by Gasteiger charge is -1.98. The average molecular weight is 150 g/mol. The standard InChI is InChI=1S/C9H10O2/c1-9(10-11-9)7-8-5-3-2-4-6-8/h2-6H,7H2,1H3. The Hall–Kier alpha value is -0.860. The topological polar surface area (TPSA) is 25.1 Å². The molecule has 2 nitrogen and oxygen atoms in total. The monoisotopic (exact) mass is 150 g/mol. The van der Waals surface area contributed by atoms with E-state index < -0.39 is 0 Å². The Morgan fingerprint density at radius 2 is 1.82 bits per heavy atom. The summed E-state index contributed by atoms with van der Waals surface area (Å²) >= 11 is 0. The maximum atomic E-state index is 4.80. The SMILES string of the molecule is CC1(Cc2ccccc2)OO1. The van der Waals surface area contributed by atoms with Gasteiger partial charge in [-0.15, -0.1) is 0 Å². The molecule has 1 aliphatic heterocycles. The van der Waals surface area contributed by atoms with Gasteiger partial charge in [0.05, 0.1) is 0 Å². The second-order valence-corrected chi connectivity index (χ2v) is 2.96. The van der Waals surface area contributed by atoms with Gasteiger partial charge in [-0.3, -0.25) is 0 Å². The fourth-order valence-electron chi connectivity index (χ4n) is 1.10. The summed E-state index contributed by atoms with van der Waals surface area (Å²) in [6.07, 6.45) is 0.827. The number of hydrogen-bond acceptors (Lipinski definition) is 2.